The molecule has 0 saturated heterocycles. The van der Waals surface area contributed by atoms with Gasteiger partial charge in [0.05, 0.1) is 5.71 Å². The molecule has 0 spiro atoms. The summed E-state index contributed by atoms with van der Waals surface area (Å²) in [6.07, 6.45) is 3.19. The Hall–Kier alpha value is -2.44. The normalized spacial score (nSPS) is 19.7. The van der Waals surface area contributed by atoms with E-state index >= 15 is 0 Å². The van der Waals surface area contributed by atoms with E-state index in [4.69, 9.17) is 11.6 Å². The molecule has 0 aliphatic carbocycles. The van der Waals surface area contributed by atoms with Crippen LogP contribution in [0.5, 0.6) is 0 Å². The van der Waals surface area contributed by atoms with Gasteiger partial charge in [-0.2, -0.15) is 5.26 Å². The molecule has 0 N–H and O–H groups in total. The molecule has 2 aromatic rings. The second kappa shape index (κ2) is 6.13. The van der Waals surface area contributed by atoms with Crippen LogP contribution in [0, 0.1) is 11.3 Å². The molecule has 1 heterocycles. The number of hydrogen-bond donors (Lipinski definition) is 0. The molecule has 0 saturated carbocycles. The Morgan fingerprint density at radius 2 is 1.73 bits per heavy atom. The van der Waals surface area contributed by atoms with Crippen LogP contribution in [0.1, 0.15) is 17.5 Å². The van der Waals surface area contributed by atoms with Crippen LogP contribution in [0.4, 0.5) is 0 Å². The first-order chi connectivity index (χ1) is 10.7. The van der Waals surface area contributed by atoms with Crippen LogP contribution in [0.25, 0.3) is 0 Å². The number of rotatable bonds is 4. The van der Waals surface area contributed by atoms with E-state index in [2.05, 4.69) is 16.1 Å². The van der Waals surface area contributed by atoms with Crippen LogP contribution < -0.4 is 0 Å². The summed E-state index contributed by atoms with van der Waals surface area (Å²) in [5.41, 5.74) is 1.57. The fourth-order valence-electron chi connectivity index (χ4n) is 2.45. The molecule has 108 valence electrons. The van der Waals surface area contributed by atoms with E-state index < -0.39 is 5.66 Å². The Labute approximate surface area is 134 Å². The Kier molecular flexibility index (Phi) is 4.04. The van der Waals surface area contributed by atoms with Gasteiger partial charge in [0.1, 0.15) is 6.07 Å². The number of benzene rings is 2. The first-order valence-electron chi connectivity index (χ1n) is 7.08. The highest BCUT2D eigenvalue weighted by molar-refractivity contribution is 6.33. The average molecular weight is 308 g/mol. The Balaban J connectivity index is 1.79. The van der Waals surface area contributed by atoms with Gasteiger partial charge < -0.3 is 0 Å². The smallest absolute Gasteiger partial charge is 0.243 e. The van der Waals surface area contributed by atoms with Crippen LogP contribution in [0.15, 0.2) is 64.6 Å². The lowest BCUT2D eigenvalue weighted by molar-refractivity contribution is 0.630. The summed E-state index contributed by atoms with van der Waals surface area (Å²) >= 11 is 6.16. The average Bonchev–Trinajstić information content (AvgIpc) is 3.00. The third-order valence-corrected chi connectivity index (χ3v) is 4.02. The predicted molar refractivity (Wildman–Crippen MR) is 89.4 cm³/mol. The second-order valence-electron chi connectivity index (χ2n) is 5.10. The summed E-state index contributed by atoms with van der Waals surface area (Å²) < 4.78 is 0. The summed E-state index contributed by atoms with van der Waals surface area (Å²) in [5.74, 6) is 0. The van der Waals surface area contributed by atoms with E-state index in [1.165, 1.54) is 0 Å². The minimum atomic E-state index is -1.13. The van der Waals surface area contributed by atoms with Gasteiger partial charge in [-0.05, 0) is 24.5 Å². The SMILES string of the molecule is N#CC1(c2ccccc2)N=CC(CCc2ccccc2Cl)=N1. The van der Waals surface area contributed by atoms with Crippen molar-refractivity contribution in [2.45, 2.75) is 18.5 Å². The number of aryl methyl sites for hydroxylation is 1. The van der Waals surface area contributed by atoms with Crippen LogP contribution in [0.3, 0.4) is 0 Å². The largest absolute Gasteiger partial charge is 0.263 e. The highest BCUT2D eigenvalue weighted by Crippen LogP contribution is 2.30. The summed E-state index contributed by atoms with van der Waals surface area (Å²) in [7, 11) is 0. The van der Waals surface area contributed by atoms with Crippen molar-refractivity contribution < 1.29 is 0 Å². The number of aliphatic imine (C=N–C) groups is 2. The highest BCUT2D eigenvalue weighted by atomic mass is 35.5. The van der Waals surface area contributed by atoms with Crippen molar-refractivity contribution >= 4 is 23.5 Å². The van der Waals surface area contributed by atoms with Crippen LogP contribution in [-0.2, 0) is 12.1 Å². The van der Waals surface area contributed by atoms with E-state index in [0.717, 1.165) is 28.3 Å². The third kappa shape index (κ3) is 2.79. The van der Waals surface area contributed by atoms with Crippen LogP contribution in [-0.4, -0.2) is 11.9 Å². The molecule has 22 heavy (non-hydrogen) atoms. The molecule has 0 bridgehead atoms. The van der Waals surface area contributed by atoms with Gasteiger partial charge in [0.25, 0.3) is 5.66 Å². The quantitative estimate of drug-likeness (QED) is 0.836. The highest BCUT2D eigenvalue weighted by Gasteiger charge is 2.34. The monoisotopic (exact) mass is 307 g/mol. The Morgan fingerprint density at radius 3 is 2.45 bits per heavy atom. The van der Waals surface area contributed by atoms with Gasteiger partial charge in [-0.1, -0.05) is 60.1 Å². The zero-order valence-corrected chi connectivity index (χ0v) is 12.7. The van der Waals surface area contributed by atoms with Crippen molar-refractivity contribution in [1.82, 2.24) is 0 Å². The fraction of sp³-hybridized carbons (Fsp3) is 0.167. The minimum Gasteiger partial charge on any atom is -0.243 e. The lowest BCUT2D eigenvalue weighted by Gasteiger charge is -2.14. The van der Waals surface area contributed by atoms with E-state index in [0.29, 0.717) is 6.42 Å². The molecule has 1 aliphatic rings. The van der Waals surface area contributed by atoms with Gasteiger partial charge >= 0.3 is 0 Å². The second-order valence-corrected chi connectivity index (χ2v) is 5.51. The van der Waals surface area contributed by atoms with Crippen molar-refractivity contribution in [3.63, 3.8) is 0 Å². The van der Waals surface area contributed by atoms with Crippen molar-refractivity contribution in [2.75, 3.05) is 0 Å². The van der Waals surface area contributed by atoms with E-state index in [1.54, 1.807) is 6.21 Å². The molecule has 1 atom stereocenters. The summed E-state index contributed by atoms with van der Waals surface area (Å²) in [5, 5.41) is 10.3. The molecule has 3 rings (SSSR count). The lowest BCUT2D eigenvalue weighted by atomic mass is 10.0. The molecule has 4 heteroatoms. The van der Waals surface area contributed by atoms with Gasteiger partial charge in [-0.15, -0.1) is 0 Å². The zero-order chi connectivity index (χ0) is 15.4. The minimum absolute atomic E-state index is 0.712. The third-order valence-electron chi connectivity index (χ3n) is 3.65. The molecule has 0 amide bonds. The maximum Gasteiger partial charge on any atom is 0.263 e. The molecule has 0 fully saturated rings. The molecular formula is C18H14ClN3. The predicted octanol–water partition coefficient (Wildman–Crippen LogP) is 4.17. The molecule has 0 aromatic heterocycles. The van der Waals surface area contributed by atoms with Gasteiger partial charge in [0.2, 0.25) is 0 Å². The molecule has 1 aliphatic heterocycles. The molecule has 3 nitrogen and oxygen atoms in total. The maximum atomic E-state index is 9.53. The number of hydrogen-bond acceptors (Lipinski definition) is 3. The molecule has 1 unspecified atom stereocenters. The molecular weight excluding hydrogens is 294 g/mol. The van der Waals surface area contributed by atoms with Crippen molar-refractivity contribution in [3.05, 3.63) is 70.7 Å². The summed E-state index contributed by atoms with van der Waals surface area (Å²) in [6, 6.07) is 19.4. The molecule has 0 radical (unpaired) electrons. The van der Waals surface area contributed by atoms with E-state index in [-0.39, 0.29) is 0 Å². The van der Waals surface area contributed by atoms with Gasteiger partial charge in [-0.25, -0.2) is 9.98 Å². The van der Waals surface area contributed by atoms with Gasteiger partial charge in [-0.3, -0.25) is 0 Å². The zero-order valence-electron chi connectivity index (χ0n) is 11.9. The number of halogens is 1. The van der Waals surface area contributed by atoms with Crippen molar-refractivity contribution in [1.29, 1.82) is 5.26 Å². The summed E-state index contributed by atoms with van der Waals surface area (Å²) in [4.78, 5) is 8.89. The fourth-order valence-corrected chi connectivity index (χ4v) is 2.68. The van der Waals surface area contributed by atoms with Gasteiger partial charge in [0.15, 0.2) is 0 Å². The first-order valence-corrected chi connectivity index (χ1v) is 7.45. The van der Waals surface area contributed by atoms with E-state index in [9.17, 15) is 5.26 Å². The van der Waals surface area contributed by atoms with Crippen LogP contribution >= 0.6 is 11.6 Å². The van der Waals surface area contributed by atoms with Crippen molar-refractivity contribution in [3.8, 4) is 6.07 Å². The first kappa shape index (κ1) is 14.5. The topological polar surface area (TPSA) is 48.5 Å². The summed E-state index contributed by atoms with van der Waals surface area (Å²) in [6.45, 7) is 0. The number of nitriles is 1. The van der Waals surface area contributed by atoms with Gasteiger partial charge in [0, 0.05) is 16.8 Å². The van der Waals surface area contributed by atoms with Crippen molar-refractivity contribution in [2.24, 2.45) is 9.98 Å². The Bertz CT molecular complexity index is 774. The number of nitrogens with zero attached hydrogens (tertiary/aromatic N) is 3. The van der Waals surface area contributed by atoms with E-state index in [1.807, 2.05) is 54.6 Å². The lowest BCUT2D eigenvalue weighted by Crippen LogP contribution is -2.16. The Morgan fingerprint density at radius 1 is 1.00 bits per heavy atom. The standard InChI is InChI=1S/C18H14ClN3/c19-17-9-5-4-6-14(17)10-11-16-12-21-18(13-20,22-16)15-7-2-1-3-8-15/h1-9,12H,10-11H2. The van der Waals surface area contributed by atoms with Crippen LogP contribution in [0.2, 0.25) is 5.02 Å². The maximum absolute atomic E-state index is 9.53. The molecule has 2 aromatic carbocycles.